The second kappa shape index (κ2) is 8.69. The van der Waals surface area contributed by atoms with E-state index in [1.807, 2.05) is 42.5 Å². The fourth-order valence-electron chi connectivity index (χ4n) is 4.09. The van der Waals surface area contributed by atoms with Crippen LogP contribution in [0.2, 0.25) is 5.02 Å². The standard InChI is InChI=1S/C23H25ClN4O3/c1-23(18-7-3-2-4-8-18)21(30)28(22(31)25-23)16-20(29)27-12-10-26(11-13-27)15-17-6-5-9-19(24)14-17/h2-9,14H,10-13,15-16H2,1H3,(H,25,31). The largest absolute Gasteiger partial charge is 0.339 e. The lowest BCUT2D eigenvalue weighted by molar-refractivity contribution is -0.139. The Hall–Kier alpha value is -2.90. The van der Waals surface area contributed by atoms with E-state index in [1.165, 1.54) is 0 Å². The van der Waals surface area contributed by atoms with Gasteiger partial charge in [0.2, 0.25) is 5.91 Å². The van der Waals surface area contributed by atoms with Crippen LogP contribution in [0.15, 0.2) is 54.6 Å². The van der Waals surface area contributed by atoms with Crippen molar-refractivity contribution in [3.05, 3.63) is 70.7 Å². The quantitative estimate of drug-likeness (QED) is 0.725. The molecule has 2 aromatic carbocycles. The summed E-state index contributed by atoms with van der Waals surface area (Å²) in [6.07, 6.45) is 0. The molecule has 0 saturated carbocycles. The van der Waals surface area contributed by atoms with Crippen LogP contribution in [-0.2, 0) is 21.7 Å². The predicted octanol–water partition coefficient (Wildman–Crippen LogP) is 2.45. The van der Waals surface area contributed by atoms with Gasteiger partial charge in [0, 0.05) is 37.7 Å². The molecule has 8 heteroatoms. The first kappa shape index (κ1) is 21.3. The highest BCUT2D eigenvalue weighted by Gasteiger charge is 2.49. The molecule has 4 rings (SSSR count). The summed E-state index contributed by atoms with van der Waals surface area (Å²) >= 11 is 6.05. The van der Waals surface area contributed by atoms with Crippen LogP contribution < -0.4 is 5.32 Å². The molecule has 2 aliphatic rings. The Morgan fingerprint density at radius 2 is 1.74 bits per heavy atom. The number of halogens is 1. The molecule has 31 heavy (non-hydrogen) atoms. The van der Waals surface area contributed by atoms with E-state index in [1.54, 1.807) is 24.0 Å². The third-order valence-electron chi connectivity index (χ3n) is 5.94. The van der Waals surface area contributed by atoms with Gasteiger partial charge in [-0.25, -0.2) is 4.79 Å². The number of hydrogen-bond donors (Lipinski definition) is 1. The van der Waals surface area contributed by atoms with Gasteiger partial charge >= 0.3 is 6.03 Å². The van der Waals surface area contributed by atoms with Gasteiger partial charge < -0.3 is 10.2 Å². The molecule has 0 radical (unpaired) electrons. The zero-order chi connectivity index (χ0) is 22.0. The van der Waals surface area contributed by atoms with E-state index >= 15 is 0 Å². The van der Waals surface area contributed by atoms with E-state index in [9.17, 15) is 14.4 Å². The molecule has 1 unspecified atom stereocenters. The van der Waals surface area contributed by atoms with Crippen LogP contribution in [0.1, 0.15) is 18.1 Å². The summed E-state index contributed by atoms with van der Waals surface area (Å²) in [5, 5.41) is 3.45. The van der Waals surface area contributed by atoms with Crippen molar-refractivity contribution in [3.8, 4) is 0 Å². The number of imide groups is 1. The zero-order valence-electron chi connectivity index (χ0n) is 17.4. The first-order valence-electron chi connectivity index (χ1n) is 10.3. The highest BCUT2D eigenvalue weighted by Crippen LogP contribution is 2.28. The summed E-state index contributed by atoms with van der Waals surface area (Å²) in [7, 11) is 0. The number of nitrogens with zero attached hydrogens (tertiary/aromatic N) is 3. The average Bonchev–Trinajstić information content (AvgIpc) is 2.99. The van der Waals surface area contributed by atoms with Gasteiger partial charge in [0.25, 0.3) is 5.91 Å². The number of hydrogen-bond acceptors (Lipinski definition) is 4. The number of urea groups is 1. The molecular formula is C23H25ClN4O3. The second-order valence-corrected chi connectivity index (χ2v) is 8.54. The smallest absolute Gasteiger partial charge is 0.325 e. The van der Waals surface area contributed by atoms with Gasteiger partial charge in [-0.2, -0.15) is 0 Å². The summed E-state index contributed by atoms with van der Waals surface area (Å²) < 4.78 is 0. The highest BCUT2D eigenvalue weighted by molar-refractivity contribution is 6.30. The number of piperazine rings is 1. The van der Waals surface area contributed by atoms with E-state index in [2.05, 4.69) is 10.2 Å². The Kier molecular flexibility index (Phi) is 5.98. The molecule has 0 aromatic heterocycles. The van der Waals surface area contributed by atoms with Gasteiger partial charge in [-0.15, -0.1) is 0 Å². The minimum atomic E-state index is -1.16. The van der Waals surface area contributed by atoms with Crippen LogP contribution in [0.4, 0.5) is 4.79 Å². The first-order chi connectivity index (χ1) is 14.9. The molecule has 0 spiro atoms. The maximum absolute atomic E-state index is 13.0. The molecule has 0 aliphatic carbocycles. The SMILES string of the molecule is CC1(c2ccccc2)NC(=O)N(CC(=O)N2CCN(Cc3cccc(Cl)c3)CC2)C1=O. The van der Waals surface area contributed by atoms with Crippen LogP contribution in [0.5, 0.6) is 0 Å². The van der Waals surface area contributed by atoms with Crippen LogP contribution in [0, 0.1) is 0 Å². The van der Waals surface area contributed by atoms with Crippen LogP contribution in [0.3, 0.4) is 0 Å². The highest BCUT2D eigenvalue weighted by atomic mass is 35.5. The van der Waals surface area contributed by atoms with Gasteiger partial charge in [-0.1, -0.05) is 54.1 Å². The molecular weight excluding hydrogens is 416 g/mol. The van der Waals surface area contributed by atoms with Crippen molar-refractivity contribution in [2.45, 2.75) is 19.0 Å². The zero-order valence-corrected chi connectivity index (χ0v) is 18.1. The monoisotopic (exact) mass is 440 g/mol. The topological polar surface area (TPSA) is 73.0 Å². The Labute approximate surface area is 186 Å². The Bertz CT molecular complexity index is 991. The van der Waals surface area contributed by atoms with Gasteiger partial charge in [-0.3, -0.25) is 19.4 Å². The van der Waals surface area contributed by atoms with E-state index in [-0.39, 0.29) is 12.5 Å². The van der Waals surface area contributed by atoms with Crippen molar-refractivity contribution in [3.63, 3.8) is 0 Å². The number of benzene rings is 2. The van der Waals surface area contributed by atoms with Gasteiger partial charge in [-0.05, 0) is 30.2 Å². The summed E-state index contributed by atoms with van der Waals surface area (Å²) in [5.41, 5.74) is 0.665. The Morgan fingerprint density at radius 1 is 1.03 bits per heavy atom. The third-order valence-corrected chi connectivity index (χ3v) is 6.17. The normalized spacial score (nSPS) is 22.0. The van der Waals surface area contributed by atoms with Gasteiger partial charge in [0.05, 0.1) is 0 Å². The number of carbonyl (C=O) groups is 3. The van der Waals surface area contributed by atoms with Crippen molar-refractivity contribution < 1.29 is 14.4 Å². The third kappa shape index (κ3) is 4.43. The minimum absolute atomic E-state index is 0.219. The number of amides is 4. The summed E-state index contributed by atoms with van der Waals surface area (Å²) in [6.45, 7) is 4.74. The lowest BCUT2D eigenvalue weighted by Gasteiger charge is -2.35. The molecule has 162 valence electrons. The minimum Gasteiger partial charge on any atom is -0.339 e. The number of nitrogens with one attached hydrogen (secondary N) is 1. The molecule has 2 aromatic rings. The maximum atomic E-state index is 13.0. The average molecular weight is 441 g/mol. The summed E-state index contributed by atoms with van der Waals surface area (Å²) in [6, 6.07) is 16.3. The van der Waals surface area contributed by atoms with Crippen molar-refractivity contribution in [2.24, 2.45) is 0 Å². The van der Waals surface area contributed by atoms with E-state index in [0.29, 0.717) is 23.7 Å². The molecule has 1 N–H and O–H groups in total. The van der Waals surface area contributed by atoms with Crippen LogP contribution in [0.25, 0.3) is 0 Å². The van der Waals surface area contributed by atoms with E-state index in [0.717, 1.165) is 30.1 Å². The first-order valence-corrected chi connectivity index (χ1v) is 10.7. The molecule has 2 heterocycles. The predicted molar refractivity (Wildman–Crippen MR) is 117 cm³/mol. The maximum Gasteiger partial charge on any atom is 0.325 e. The van der Waals surface area contributed by atoms with Crippen LogP contribution >= 0.6 is 11.6 Å². The Balaban J connectivity index is 1.34. The second-order valence-electron chi connectivity index (χ2n) is 8.10. The molecule has 2 fully saturated rings. The molecule has 2 saturated heterocycles. The van der Waals surface area contributed by atoms with E-state index in [4.69, 9.17) is 11.6 Å². The summed E-state index contributed by atoms with van der Waals surface area (Å²) in [4.78, 5) is 43.3. The fourth-order valence-corrected chi connectivity index (χ4v) is 4.30. The van der Waals surface area contributed by atoms with E-state index < -0.39 is 17.5 Å². The lowest BCUT2D eigenvalue weighted by atomic mass is 9.92. The fraction of sp³-hybridized carbons (Fsp3) is 0.348. The van der Waals surface area contributed by atoms with Gasteiger partial charge in [0.1, 0.15) is 12.1 Å². The van der Waals surface area contributed by atoms with Crippen molar-refractivity contribution in [1.82, 2.24) is 20.0 Å². The van der Waals surface area contributed by atoms with Crippen LogP contribution in [-0.4, -0.2) is 65.3 Å². The van der Waals surface area contributed by atoms with Gasteiger partial charge in [0.15, 0.2) is 0 Å². The number of carbonyl (C=O) groups excluding carboxylic acids is 3. The summed E-state index contributed by atoms with van der Waals surface area (Å²) in [5.74, 6) is -0.625. The molecule has 4 amide bonds. The molecule has 7 nitrogen and oxygen atoms in total. The van der Waals surface area contributed by atoms with Crippen molar-refractivity contribution >= 4 is 29.4 Å². The molecule has 1 atom stereocenters. The number of rotatable bonds is 5. The van der Waals surface area contributed by atoms with Crippen molar-refractivity contribution in [1.29, 1.82) is 0 Å². The molecule has 2 aliphatic heterocycles. The Morgan fingerprint density at radius 3 is 2.42 bits per heavy atom. The lowest BCUT2D eigenvalue weighted by Crippen LogP contribution is -2.51. The van der Waals surface area contributed by atoms with Crippen molar-refractivity contribution in [2.75, 3.05) is 32.7 Å². The molecule has 0 bridgehead atoms.